The van der Waals surface area contributed by atoms with Gasteiger partial charge in [0.2, 0.25) is 0 Å². The number of rotatable bonds is 8. The van der Waals surface area contributed by atoms with Crippen molar-refractivity contribution < 1.29 is 14.0 Å². The predicted molar refractivity (Wildman–Crippen MR) is 136 cm³/mol. The van der Waals surface area contributed by atoms with Crippen molar-refractivity contribution in [1.82, 2.24) is 14.2 Å². The highest BCUT2D eigenvalue weighted by Crippen LogP contribution is 2.49. The van der Waals surface area contributed by atoms with Crippen LogP contribution in [0.3, 0.4) is 0 Å². The van der Waals surface area contributed by atoms with Crippen molar-refractivity contribution in [2.45, 2.75) is 84.9 Å². The van der Waals surface area contributed by atoms with Gasteiger partial charge >= 0.3 is 5.69 Å². The minimum atomic E-state index is -0.816. The zero-order valence-electron chi connectivity index (χ0n) is 21.2. The third kappa shape index (κ3) is 4.74. The van der Waals surface area contributed by atoms with Crippen LogP contribution < -0.4 is 15.7 Å². The molecule has 5 atom stereocenters. The first-order valence-electron chi connectivity index (χ1n) is 12.3. The molecular weight excluding hydrogens is 451 g/mol. The number of nitrogens with one attached hydrogen (secondary N) is 1. The Bertz CT molecular complexity index is 1050. The molecule has 1 fully saturated rings. The zero-order valence-corrected chi connectivity index (χ0v) is 22.1. The Morgan fingerprint density at radius 1 is 1.15 bits per heavy atom. The molecule has 1 aromatic heterocycles. The first kappa shape index (κ1) is 25.1. The van der Waals surface area contributed by atoms with Gasteiger partial charge in [-0.2, -0.15) is 4.98 Å². The molecule has 3 heterocycles. The maximum Gasteiger partial charge on any atom is 0.351 e. The van der Waals surface area contributed by atoms with Gasteiger partial charge in [-0.15, -0.1) is 0 Å². The van der Waals surface area contributed by atoms with Gasteiger partial charge in [0.05, 0.1) is 24.1 Å². The van der Waals surface area contributed by atoms with Gasteiger partial charge in [-0.25, -0.2) is 4.79 Å². The summed E-state index contributed by atoms with van der Waals surface area (Å²) in [5.41, 5.74) is 0.428. The van der Waals surface area contributed by atoms with Gasteiger partial charge in [-0.3, -0.25) is 9.24 Å². The van der Waals surface area contributed by atoms with Crippen molar-refractivity contribution in [2.75, 3.05) is 12.0 Å². The number of ether oxygens (including phenoxy) is 2. The maximum absolute atomic E-state index is 13.1. The highest BCUT2D eigenvalue weighted by Gasteiger charge is 2.46. The Kier molecular flexibility index (Phi) is 7.63. The Hall–Kier alpha value is -1.99. The minimum Gasteiger partial charge on any atom is -0.450 e. The fraction of sp³-hybridized carbons (Fsp3) is 0.600. The molecular formula is C25H37N4O4P. The van der Waals surface area contributed by atoms with Crippen molar-refractivity contribution in [3.05, 3.63) is 40.9 Å². The molecule has 0 saturated carbocycles. The van der Waals surface area contributed by atoms with Crippen LogP contribution in [0.4, 0.5) is 11.5 Å². The Labute approximate surface area is 203 Å². The molecule has 5 unspecified atom stereocenters. The van der Waals surface area contributed by atoms with Crippen LogP contribution in [0.1, 0.15) is 60.6 Å². The van der Waals surface area contributed by atoms with Crippen molar-refractivity contribution in [1.29, 1.82) is 0 Å². The van der Waals surface area contributed by atoms with E-state index in [-0.39, 0.29) is 23.8 Å². The lowest BCUT2D eigenvalue weighted by molar-refractivity contribution is -0.0238. The second-order valence-electron chi connectivity index (χ2n) is 9.51. The molecule has 1 N–H and O–H groups in total. The Balaban J connectivity index is 1.62. The maximum atomic E-state index is 13.1. The van der Waals surface area contributed by atoms with E-state index in [1.165, 1.54) is 0 Å². The fourth-order valence-corrected chi connectivity index (χ4v) is 7.21. The van der Waals surface area contributed by atoms with E-state index in [0.29, 0.717) is 29.4 Å². The van der Waals surface area contributed by atoms with E-state index in [2.05, 4.69) is 63.2 Å². The molecule has 0 spiro atoms. The van der Waals surface area contributed by atoms with Crippen LogP contribution in [-0.2, 0) is 9.26 Å². The highest BCUT2D eigenvalue weighted by molar-refractivity contribution is 7.49. The molecule has 0 aliphatic carbocycles. The van der Waals surface area contributed by atoms with Crippen LogP contribution in [0, 0.1) is 5.92 Å². The van der Waals surface area contributed by atoms with E-state index in [1.807, 2.05) is 24.3 Å². The predicted octanol–water partition coefficient (Wildman–Crippen LogP) is 5.87. The molecule has 1 aromatic carbocycles. The van der Waals surface area contributed by atoms with Crippen LogP contribution >= 0.6 is 8.30 Å². The molecule has 1 saturated heterocycles. The van der Waals surface area contributed by atoms with E-state index in [1.54, 1.807) is 10.8 Å². The lowest BCUT2D eigenvalue weighted by atomic mass is 9.96. The van der Waals surface area contributed by atoms with Gasteiger partial charge < -0.3 is 19.3 Å². The third-order valence-electron chi connectivity index (χ3n) is 6.55. The first-order chi connectivity index (χ1) is 16.2. The molecule has 0 radical (unpaired) electrons. The van der Waals surface area contributed by atoms with E-state index in [0.717, 1.165) is 18.5 Å². The van der Waals surface area contributed by atoms with E-state index in [9.17, 15) is 4.79 Å². The molecule has 4 rings (SSSR count). The summed E-state index contributed by atoms with van der Waals surface area (Å²) in [6, 6.07) is 8.37. The number of para-hydroxylation sites is 2. The molecule has 34 heavy (non-hydrogen) atoms. The van der Waals surface area contributed by atoms with Gasteiger partial charge in [0.25, 0.3) is 0 Å². The number of benzene rings is 1. The van der Waals surface area contributed by atoms with Crippen molar-refractivity contribution >= 4 is 19.8 Å². The quantitative estimate of drug-likeness (QED) is 0.397. The molecule has 9 heteroatoms. The number of hydrogen-bond donors (Lipinski definition) is 1. The summed E-state index contributed by atoms with van der Waals surface area (Å²) < 4.78 is 23.3. The van der Waals surface area contributed by atoms with Gasteiger partial charge in [0, 0.05) is 18.0 Å². The number of fused-ring (bicyclic) bond motifs is 2. The van der Waals surface area contributed by atoms with Crippen LogP contribution in [0.5, 0.6) is 11.5 Å². The number of nitrogens with zero attached hydrogens (tertiary/aromatic N) is 3. The second-order valence-corrected chi connectivity index (χ2v) is 11.1. The van der Waals surface area contributed by atoms with E-state index >= 15 is 0 Å². The van der Waals surface area contributed by atoms with Gasteiger partial charge in [-0.1, -0.05) is 26.0 Å². The van der Waals surface area contributed by atoms with Crippen LogP contribution in [0.25, 0.3) is 0 Å². The molecule has 8 nitrogen and oxygen atoms in total. The molecule has 186 valence electrons. The average Bonchev–Trinajstić information content (AvgIpc) is 3.13. The highest BCUT2D eigenvalue weighted by atomic mass is 31.2. The largest absolute Gasteiger partial charge is 0.450 e. The van der Waals surface area contributed by atoms with Crippen molar-refractivity contribution in [3.8, 4) is 11.5 Å². The van der Waals surface area contributed by atoms with Gasteiger partial charge in [0.15, 0.2) is 17.3 Å². The van der Waals surface area contributed by atoms with Crippen LogP contribution in [0.15, 0.2) is 35.3 Å². The Morgan fingerprint density at radius 3 is 2.50 bits per heavy atom. The second kappa shape index (κ2) is 10.3. The van der Waals surface area contributed by atoms with Crippen LogP contribution in [-0.4, -0.2) is 45.2 Å². The number of aromatic nitrogens is 2. The smallest absolute Gasteiger partial charge is 0.351 e. The summed E-state index contributed by atoms with van der Waals surface area (Å²) in [6.45, 7) is 15.2. The first-order valence-corrected chi connectivity index (χ1v) is 13.9. The number of anilines is 2. The topological polar surface area (TPSA) is 77.9 Å². The van der Waals surface area contributed by atoms with Crippen LogP contribution in [0.2, 0.25) is 0 Å². The molecule has 0 amide bonds. The summed E-state index contributed by atoms with van der Waals surface area (Å²) in [4.78, 5) is 17.4. The monoisotopic (exact) mass is 488 g/mol. The normalized spacial score (nSPS) is 24.6. The summed E-state index contributed by atoms with van der Waals surface area (Å²) in [5.74, 6) is 1.66. The fourth-order valence-electron chi connectivity index (χ4n) is 5.16. The standard InChI is InChI=1S/C25H37N4O4P/c1-8-17-22(33-34(7)29(15(3)4)16(5)6)19(9-2)32-24(17)28-14-21-23(27-25(28)30)26-18-12-10-11-13-20(18)31-21/h10-17,19,22,24H,8-9H2,1-7H3,(H,26,27,30). The molecule has 2 aromatic rings. The third-order valence-corrected chi connectivity index (χ3v) is 8.68. The zero-order chi connectivity index (χ0) is 24.6. The summed E-state index contributed by atoms with van der Waals surface area (Å²) >= 11 is 0. The van der Waals surface area contributed by atoms with Gasteiger partial charge in [-0.05, 0) is 59.3 Å². The SMILES string of the molecule is CCC1OC(n2cc3c(nc2=O)Nc2ccccc2O3)C(CC)C1OP(C)N(C(C)C)C(C)C. The van der Waals surface area contributed by atoms with E-state index in [4.69, 9.17) is 14.0 Å². The Morgan fingerprint density at radius 2 is 1.85 bits per heavy atom. The van der Waals surface area contributed by atoms with Crippen molar-refractivity contribution in [3.63, 3.8) is 0 Å². The van der Waals surface area contributed by atoms with Crippen molar-refractivity contribution in [2.24, 2.45) is 5.92 Å². The average molecular weight is 489 g/mol. The molecule has 2 aliphatic heterocycles. The van der Waals surface area contributed by atoms with E-state index < -0.39 is 14.5 Å². The number of hydrogen-bond acceptors (Lipinski definition) is 7. The summed E-state index contributed by atoms with van der Waals surface area (Å²) in [5, 5.41) is 3.19. The summed E-state index contributed by atoms with van der Waals surface area (Å²) in [6.07, 6.45) is 2.70. The summed E-state index contributed by atoms with van der Waals surface area (Å²) in [7, 11) is -0.816. The molecule has 0 bridgehead atoms. The minimum absolute atomic E-state index is 0.0254. The lowest BCUT2D eigenvalue weighted by Crippen LogP contribution is -2.37. The molecule has 2 aliphatic rings. The van der Waals surface area contributed by atoms with Gasteiger partial charge in [0.1, 0.15) is 14.5 Å². The lowest BCUT2D eigenvalue weighted by Gasteiger charge is -2.38.